The summed E-state index contributed by atoms with van der Waals surface area (Å²) in [5.41, 5.74) is -0.297. The summed E-state index contributed by atoms with van der Waals surface area (Å²) < 4.78 is 4.45. The smallest absolute Gasteiger partial charge is 0.331 e. The third-order valence-corrected chi connectivity index (χ3v) is 1.54. The Kier molecular flexibility index (Phi) is 6.32. The fourth-order valence-corrected chi connectivity index (χ4v) is 0.768. The molecule has 0 fully saturated rings. The van der Waals surface area contributed by atoms with Gasteiger partial charge in [-0.15, -0.1) is 0 Å². The van der Waals surface area contributed by atoms with Crippen LogP contribution >= 0.6 is 0 Å². The Morgan fingerprint density at radius 3 is 2.47 bits per heavy atom. The molecule has 6 heteroatoms. The van der Waals surface area contributed by atoms with E-state index in [2.05, 4.69) is 11.3 Å². The van der Waals surface area contributed by atoms with E-state index in [1.54, 1.807) is 0 Å². The summed E-state index contributed by atoms with van der Waals surface area (Å²) in [6, 6.07) is 0. The maximum atomic E-state index is 11.0. The van der Waals surface area contributed by atoms with Gasteiger partial charge >= 0.3 is 11.9 Å². The summed E-state index contributed by atoms with van der Waals surface area (Å²) >= 11 is 0. The van der Waals surface area contributed by atoms with E-state index < -0.39 is 24.6 Å². The average molecular weight is 218 g/mol. The quantitative estimate of drug-likeness (QED) is 0.306. The number of esters is 1. The van der Waals surface area contributed by atoms with E-state index in [-0.39, 0.29) is 18.6 Å². The lowest BCUT2D eigenvalue weighted by Gasteiger charge is -2.10. The number of ether oxygens (including phenoxy) is 1. The molecule has 1 atom stereocenters. The van der Waals surface area contributed by atoms with Crippen molar-refractivity contribution in [2.24, 2.45) is 0 Å². The number of carboxylic acid groups (broad SMARTS) is 1. The van der Waals surface area contributed by atoms with Crippen molar-refractivity contribution in [3.05, 3.63) is 12.2 Å². The summed E-state index contributed by atoms with van der Waals surface area (Å²) in [7, 11) is 0. The first-order valence-electron chi connectivity index (χ1n) is 4.37. The minimum absolute atomic E-state index is 0.113. The van der Waals surface area contributed by atoms with Crippen LogP contribution in [0.5, 0.6) is 0 Å². The highest BCUT2D eigenvalue weighted by Gasteiger charge is 2.14. The number of carbonyl (C=O) groups is 2. The minimum Gasteiger partial charge on any atom is -0.478 e. The Bertz CT molecular complexity index is 247. The number of carboxylic acids is 1. The number of rotatable bonds is 7. The van der Waals surface area contributed by atoms with E-state index in [1.807, 2.05) is 0 Å². The third kappa shape index (κ3) is 6.64. The Labute approximate surface area is 86.8 Å². The molecule has 15 heavy (non-hydrogen) atoms. The van der Waals surface area contributed by atoms with E-state index in [4.69, 9.17) is 15.3 Å². The Balaban J connectivity index is 3.83. The van der Waals surface area contributed by atoms with Gasteiger partial charge < -0.3 is 20.1 Å². The molecule has 0 aromatic heterocycles. The number of hydrogen-bond donors (Lipinski definition) is 3. The zero-order chi connectivity index (χ0) is 11.8. The molecule has 0 aromatic rings. The van der Waals surface area contributed by atoms with Crippen LogP contribution in [-0.4, -0.2) is 40.2 Å². The zero-order valence-corrected chi connectivity index (χ0v) is 8.18. The summed E-state index contributed by atoms with van der Waals surface area (Å²) in [6.07, 6.45) is -1.37. The summed E-state index contributed by atoms with van der Waals surface area (Å²) in [5, 5.41) is 25.9. The van der Waals surface area contributed by atoms with Gasteiger partial charge in [0.2, 0.25) is 6.29 Å². The molecule has 0 saturated carbocycles. The van der Waals surface area contributed by atoms with Gasteiger partial charge in [-0.05, 0) is 6.42 Å². The predicted molar refractivity (Wildman–Crippen MR) is 49.8 cm³/mol. The van der Waals surface area contributed by atoms with E-state index in [9.17, 15) is 9.59 Å². The standard InChI is InChI=1S/C9H14O6/c1-6(9(13)14)5-8(12)15-7(11)3-2-4-10/h7,10-11H,1-5H2,(H,13,14). The van der Waals surface area contributed by atoms with Crippen LogP contribution in [-0.2, 0) is 14.3 Å². The maximum Gasteiger partial charge on any atom is 0.331 e. The molecule has 0 bridgehead atoms. The Hall–Kier alpha value is -1.40. The van der Waals surface area contributed by atoms with Crippen molar-refractivity contribution in [2.45, 2.75) is 25.6 Å². The van der Waals surface area contributed by atoms with Crippen molar-refractivity contribution in [3.63, 3.8) is 0 Å². The number of aliphatic hydroxyl groups excluding tert-OH is 2. The SMILES string of the molecule is C=C(CC(=O)OC(O)CCCO)C(=O)O. The molecule has 0 aromatic carbocycles. The first-order chi connectivity index (χ1) is 6.97. The molecule has 86 valence electrons. The first kappa shape index (κ1) is 13.6. The summed E-state index contributed by atoms with van der Waals surface area (Å²) in [4.78, 5) is 21.3. The zero-order valence-electron chi connectivity index (χ0n) is 8.18. The fourth-order valence-electron chi connectivity index (χ4n) is 0.768. The molecule has 3 N–H and O–H groups in total. The molecule has 1 unspecified atom stereocenters. The van der Waals surface area contributed by atoms with Gasteiger partial charge in [0.25, 0.3) is 0 Å². The predicted octanol–water partition coefficient (Wildman–Crippen LogP) is -0.349. The van der Waals surface area contributed by atoms with Gasteiger partial charge in [0.05, 0.1) is 6.42 Å². The van der Waals surface area contributed by atoms with Crippen LogP contribution < -0.4 is 0 Å². The number of aliphatic hydroxyl groups is 2. The molecule has 0 aliphatic heterocycles. The highest BCUT2D eigenvalue weighted by atomic mass is 16.6. The van der Waals surface area contributed by atoms with Crippen LogP contribution in [0.2, 0.25) is 0 Å². The lowest BCUT2D eigenvalue weighted by Crippen LogP contribution is -2.19. The van der Waals surface area contributed by atoms with E-state index in [1.165, 1.54) is 0 Å². The molecular weight excluding hydrogens is 204 g/mol. The van der Waals surface area contributed by atoms with Crippen molar-refractivity contribution in [1.29, 1.82) is 0 Å². The molecule has 0 amide bonds. The molecule has 0 aliphatic carbocycles. The first-order valence-corrected chi connectivity index (χ1v) is 4.37. The van der Waals surface area contributed by atoms with Gasteiger partial charge in [0, 0.05) is 18.6 Å². The normalized spacial score (nSPS) is 11.9. The van der Waals surface area contributed by atoms with Crippen molar-refractivity contribution in [3.8, 4) is 0 Å². The summed E-state index contributed by atoms with van der Waals surface area (Å²) in [5.74, 6) is -2.13. The molecule has 0 radical (unpaired) electrons. The van der Waals surface area contributed by atoms with Gasteiger partial charge in [-0.3, -0.25) is 4.79 Å². The van der Waals surface area contributed by atoms with Crippen molar-refractivity contribution in [2.75, 3.05) is 6.61 Å². The van der Waals surface area contributed by atoms with Crippen LogP contribution in [0.4, 0.5) is 0 Å². The van der Waals surface area contributed by atoms with Crippen LogP contribution in [0.3, 0.4) is 0 Å². The number of hydrogen-bond acceptors (Lipinski definition) is 5. The highest BCUT2D eigenvalue weighted by molar-refractivity contribution is 5.91. The van der Waals surface area contributed by atoms with E-state index in [0.29, 0.717) is 6.42 Å². The van der Waals surface area contributed by atoms with Gasteiger partial charge in [-0.25, -0.2) is 4.79 Å². The summed E-state index contributed by atoms with van der Waals surface area (Å²) in [6.45, 7) is 3.03. The molecule has 0 heterocycles. The van der Waals surface area contributed by atoms with Crippen molar-refractivity contribution in [1.82, 2.24) is 0 Å². The monoisotopic (exact) mass is 218 g/mol. The largest absolute Gasteiger partial charge is 0.478 e. The second-order valence-corrected chi connectivity index (χ2v) is 2.90. The van der Waals surface area contributed by atoms with Crippen molar-refractivity contribution < 1.29 is 29.6 Å². The highest BCUT2D eigenvalue weighted by Crippen LogP contribution is 2.04. The molecular formula is C9H14O6. The van der Waals surface area contributed by atoms with Crippen LogP contribution in [0, 0.1) is 0 Å². The molecule has 6 nitrogen and oxygen atoms in total. The number of carbonyl (C=O) groups excluding carboxylic acids is 1. The van der Waals surface area contributed by atoms with Crippen molar-refractivity contribution >= 4 is 11.9 Å². The second kappa shape index (κ2) is 6.97. The van der Waals surface area contributed by atoms with Crippen LogP contribution in [0.1, 0.15) is 19.3 Å². The topological polar surface area (TPSA) is 104 Å². The van der Waals surface area contributed by atoms with Gasteiger partial charge in [0.1, 0.15) is 0 Å². The van der Waals surface area contributed by atoms with Gasteiger partial charge in [-0.2, -0.15) is 0 Å². The molecule has 0 rings (SSSR count). The second-order valence-electron chi connectivity index (χ2n) is 2.90. The van der Waals surface area contributed by atoms with Gasteiger partial charge in [-0.1, -0.05) is 6.58 Å². The third-order valence-electron chi connectivity index (χ3n) is 1.54. The lowest BCUT2D eigenvalue weighted by atomic mass is 10.2. The van der Waals surface area contributed by atoms with Crippen LogP contribution in [0.15, 0.2) is 12.2 Å². The van der Waals surface area contributed by atoms with E-state index >= 15 is 0 Å². The van der Waals surface area contributed by atoms with Gasteiger partial charge in [0.15, 0.2) is 0 Å². The molecule has 0 aliphatic rings. The Morgan fingerprint density at radius 2 is 2.00 bits per heavy atom. The maximum absolute atomic E-state index is 11.0. The number of aliphatic carboxylic acids is 1. The Morgan fingerprint density at radius 1 is 1.40 bits per heavy atom. The minimum atomic E-state index is -1.31. The van der Waals surface area contributed by atoms with E-state index in [0.717, 1.165) is 0 Å². The molecule has 0 spiro atoms. The average Bonchev–Trinajstić information content (AvgIpc) is 2.14. The molecule has 0 saturated heterocycles. The fraction of sp³-hybridized carbons (Fsp3) is 0.556. The van der Waals surface area contributed by atoms with Crippen LogP contribution in [0.25, 0.3) is 0 Å². The lowest BCUT2D eigenvalue weighted by molar-refractivity contribution is -0.168.